The SMILES string of the molecule is CCN(CCOC)Cc1ccc(C#CCO)cc1. The van der Waals surface area contributed by atoms with Crippen LogP contribution in [0.5, 0.6) is 0 Å². The molecule has 0 aromatic heterocycles. The molecule has 0 radical (unpaired) electrons. The Hall–Kier alpha value is -1.34. The molecule has 1 aromatic carbocycles. The van der Waals surface area contributed by atoms with Gasteiger partial charge in [-0.1, -0.05) is 30.9 Å². The van der Waals surface area contributed by atoms with Crippen molar-refractivity contribution in [3.8, 4) is 11.8 Å². The van der Waals surface area contributed by atoms with E-state index in [0.717, 1.165) is 31.8 Å². The smallest absolute Gasteiger partial charge is 0.104 e. The van der Waals surface area contributed by atoms with Gasteiger partial charge in [-0.2, -0.15) is 0 Å². The maximum atomic E-state index is 8.62. The van der Waals surface area contributed by atoms with Gasteiger partial charge in [0.25, 0.3) is 0 Å². The Morgan fingerprint density at radius 2 is 2.00 bits per heavy atom. The second kappa shape index (κ2) is 8.71. The quantitative estimate of drug-likeness (QED) is 0.773. The van der Waals surface area contributed by atoms with E-state index in [2.05, 4.69) is 35.8 Å². The van der Waals surface area contributed by atoms with E-state index in [1.807, 2.05) is 12.1 Å². The fourth-order valence-corrected chi connectivity index (χ4v) is 1.66. The molecule has 0 aliphatic carbocycles. The first-order valence-corrected chi connectivity index (χ1v) is 6.20. The molecule has 0 amide bonds. The summed E-state index contributed by atoms with van der Waals surface area (Å²) in [6.07, 6.45) is 0. The first kappa shape index (κ1) is 14.7. The fourth-order valence-electron chi connectivity index (χ4n) is 1.66. The van der Waals surface area contributed by atoms with Crippen LogP contribution in [-0.4, -0.2) is 43.4 Å². The van der Waals surface area contributed by atoms with Gasteiger partial charge in [0.15, 0.2) is 0 Å². The number of hydrogen-bond acceptors (Lipinski definition) is 3. The molecule has 0 spiro atoms. The van der Waals surface area contributed by atoms with E-state index >= 15 is 0 Å². The second-order valence-electron chi connectivity index (χ2n) is 4.02. The maximum Gasteiger partial charge on any atom is 0.104 e. The predicted molar refractivity (Wildman–Crippen MR) is 73.2 cm³/mol. The van der Waals surface area contributed by atoms with Crippen molar-refractivity contribution in [1.82, 2.24) is 4.90 Å². The molecule has 0 saturated carbocycles. The third kappa shape index (κ3) is 5.33. The Balaban J connectivity index is 2.56. The molecule has 0 heterocycles. The van der Waals surface area contributed by atoms with Gasteiger partial charge in [0.05, 0.1) is 6.61 Å². The summed E-state index contributed by atoms with van der Waals surface area (Å²) in [5, 5.41) is 8.62. The maximum absolute atomic E-state index is 8.62. The summed E-state index contributed by atoms with van der Waals surface area (Å²) >= 11 is 0. The van der Waals surface area contributed by atoms with Gasteiger partial charge >= 0.3 is 0 Å². The third-order valence-corrected chi connectivity index (χ3v) is 2.73. The van der Waals surface area contributed by atoms with E-state index < -0.39 is 0 Å². The second-order valence-corrected chi connectivity index (χ2v) is 4.02. The lowest BCUT2D eigenvalue weighted by Gasteiger charge is -2.19. The van der Waals surface area contributed by atoms with E-state index in [1.54, 1.807) is 7.11 Å². The van der Waals surface area contributed by atoms with E-state index in [4.69, 9.17) is 9.84 Å². The molecule has 0 aliphatic rings. The Morgan fingerprint density at radius 3 is 2.56 bits per heavy atom. The summed E-state index contributed by atoms with van der Waals surface area (Å²) in [6, 6.07) is 8.14. The highest BCUT2D eigenvalue weighted by molar-refractivity contribution is 5.36. The van der Waals surface area contributed by atoms with Crippen LogP contribution < -0.4 is 0 Å². The average molecular weight is 247 g/mol. The van der Waals surface area contributed by atoms with Crippen LogP contribution in [0.3, 0.4) is 0 Å². The Kier molecular flexibility index (Phi) is 7.12. The molecule has 3 nitrogen and oxygen atoms in total. The van der Waals surface area contributed by atoms with E-state index in [-0.39, 0.29) is 6.61 Å². The molecule has 1 N–H and O–H groups in total. The van der Waals surface area contributed by atoms with Crippen molar-refractivity contribution in [3.63, 3.8) is 0 Å². The number of benzene rings is 1. The number of hydrogen-bond donors (Lipinski definition) is 1. The molecular weight excluding hydrogens is 226 g/mol. The lowest BCUT2D eigenvalue weighted by molar-refractivity contribution is 0.147. The van der Waals surface area contributed by atoms with Gasteiger partial charge in [-0.25, -0.2) is 0 Å². The molecule has 3 heteroatoms. The topological polar surface area (TPSA) is 32.7 Å². The van der Waals surface area contributed by atoms with E-state index in [1.165, 1.54) is 5.56 Å². The highest BCUT2D eigenvalue weighted by atomic mass is 16.5. The van der Waals surface area contributed by atoms with E-state index in [9.17, 15) is 0 Å². The minimum absolute atomic E-state index is 0.0949. The highest BCUT2D eigenvalue weighted by Crippen LogP contribution is 2.06. The van der Waals surface area contributed by atoms with Gasteiger partial charge in [-0.05, 0) is 24.2 Å². The van der Waals surface area contributed by atoms with Gasteiger partial charge in [0.2, 0.25) is 0 Å². The predicted octanol–water partition coefficient (Wildman–Crippen LogP) is 1.50. The number of methoxy groups -OCH3 is 1. The van der Waals surface area contributed by atoms with Gasteiger partial charge in [-0.15, -0.1) is 0 Å². The molecule has 18 heavy (non-hydrogen) atoms. The van der Waals surface area contributed by atoms with Crippen molar-refractivity contribution in [2.24, 2.45) is 0 Å². The van der Waals surface area contributed by atoms with Crippen LogP contribution in [0, 0.1) is 11.8 Å². The summed E-state index contributed by atoms with van der Waals surface area (Å²) in [4.78, 5) is 2.33. The van der Waals surface area contributed by atoms with Crippen LogP contribution in [0.4, 0.5) is 0 Å². The summed E-state index contributed by atoms with van der Waals surface area (Å²) in [6.45, 7) is 5.69. The van der Waals surface area contributed by atoms with E-state index in [0.29, 0.717) is 0 Å². The number of rotatable bonds is 6. The summed E-state index contributed by atoms with van der Waals surface area (Å²) < 4.78 is 5.09. The number of aliphatic hydroxyl groups excluding tert-OH is 1. The van der Waals surface area contributed by atoms with Gasteiger partial charge in [-0.3, -0.25) is 4.90 Å². The minimum atomic E-state index is -0.0949. The standard InChI is InChI=1S/C15H21NO2/c1-3-16(10-12-18-2)13-15-8-6-14(7-9-15)5-4-11-17/h6-9,17H,3,10-13H2,1-2H3. The normalized spacial score (nSPS) is 10.2. The lowest BCUT2D eigenvalue weighted by atomic mass is 10.1. The fraction of sp³-hybridized carbons (Fsp3) is 0.467. The first-order valence-electron chi connectivity index (χ1n) is 6.20. The Labute approximate surface area is 109 Å². The number of likely N-dealkylation sites (N-methyl/N-ethyl adjacent to an activating group) is 1. The number of ether oxygens (including phenoxy) is 1. The average Bonchev–Trinajstić information content (AvgIpc) is 2.42. The Bertz CT molecular complexity index is 389. The van der Waals surface area contributed by atoms with Crippen LogP contribution in [0.15, 0.2) is 24.3 Å². The number of aliphatic hydroxyl groups is 1. The Morgan fingerprint density at radius 1 is 1.28 bits per heavy atom. The van der Waals surface area contributed by atoms with Crippen molar-refractivity contribution >= 4 is 0 Å². The molecule has 0 fully saturated rings. The minimum Gasteiger partial charge on any atom is -0.384 e. The summed E-state index contributed by atoms with van der Waals surface area (Å²) in [7, 11) is 1.72. The molecule has 0 bridgehead atoms. The molecule has 0 saturated heterocycles. The molecule has 1 rings (SSSR count). The van der Waals surface area contributed by atoms with Crippen molar-refractivity contribution < 1.29 is 9.84 Å². The molecule has 0 unspecified atom stereocenters. The van der Waals surface area contributed by atoms with Crippen molar-refractivity contribution in [1.29, 1.82) is 0 Å². The monoisotopic (exact) mass is 247 g/mol. The van der Waals surface area contributed by atoms with Crippen molar-refractivity contribution in [2.45, 2.75) is 13.5 Å². The van der Waals surface area contributed by atoms with Crippen molar-refractivity contribution in [3.05, 3.63) is 35.4 Å². The molecule has 0 atom stereocenters. The van der Waals surface area contributed by atoms with Crippen LogP contribution in [0.1, 0.15) is 18.1 Å². The zero-order valence-corrected chi connectivity index (χ0v) is 11.1. The zero-order valence-electron chi connectivity index (χ0n) is 11.1. The molecule has 0 aliphatic heterocycles. The first-order chi connectivity index (χ1) is 8.80. The van der Waals surface area contributed by atoms with Crippen LogP contribution in [-0.2, 0) is 11.3 Å². The zero-order chi connectivity index (χ0) is 13.2. The highest BCUT2D eigenvalue weighted by Gasteiger charge is 2.02. The lowest BCUT2D eigenvalue weighted by Crippen LogP contribution is -2.26. The van der Waals surface area contributed by atoms with Crippen LogP contribution in [0.2, 0.25) is 0 Å². The molecule has 1 aromatic rings. The summed E-state index contributed by atoms with van der Waals surface area (Å²) in [5.41, 5.74) is 2.20. The van der Waals surface area contributed by atoms with Crippen LogP contribution in [0.25, 0.3) is 0 Å². The third-order valence-electron chi connectivity index (χ3n) is 2.73. The van der Waals surface area contributed by atoms with Gasteiger partial charge in [0.1, 0.15) is 6.61 Å². The largest absolute Gasteiger partial charge is 0.384 e. The number of nitrogens with zero attached hydrogens (tertiary/aromatic N) is 1. The van der Waals surface area contributed by atoms with Crippen LogP contribution >= 0.6 is 0 Å². The van der Waals surface area contributed by atoms with Crippen molar-refractivity contribution in [2.75, 3.05) is 33.4 Å². The summed E-state index contributed by atoms with van der Waals surface area (Å²) in [5.74, 6) is 5.53. The van der Waals surface area contributed by atoms with Gasteiger partial charge in [0, 0.05) is 25.8 Å². The molecule has 98 valence electrons. The molecular formula is C15H21NO2. The van der Waals surface area contributed by atoms with Gasteiger partial charge < -0.3 is 9.84 Å².